The van der Waals surface area contributed by atoms with Crippen LogP contribution in [0.1, 0.15) is 41.4 Å². The van der Waals surface area contributed by atoms with Crippen molar-refractivity contribution in [1.82, 2.24) is 5.32 Å². The van der Waals surface area contributed by atoms with E-state index in [0.717, 1.165) is 11.1 Å². The van der Waals surface area contributed by atoms with Crippen LogP contribution in [0.15, 0.2) is 77.7 Å². The third kappa shape index (κ3) is 4.18. The number of anilines is 1. The van der Waals surface area contributed by atoms with E-state index < -0.39 is 10.0 Å². The van der Waals surface area contributed by atoms with Gasteiger partial charge in [0, 0.05) is 16.6 Å². The molecule has 5 nitrogen and oxygen atoms in total. The predicted octanol–water partition coefficient (Wildman–Crippen LogP) is 4.97. The van der Waals surface area contributed by atoms with Crippen molar-refractivity contribution in [3.8, 4) is 0 Å². The SMILES string of the molecule is C[C@@H]1Cc2cc(C(=O)N[C@H](C)c3ccccc3)ccc2N1S(=O)(=O)c1ccc(Cl)cc1. The van der Waals surface area contributed by atoms with Gasteiger partial charge >= 0.3 is 0 Å². The van der Waals surface area contributed by atoms with Gasteiger partial charge in [0.1, 0.15) is 0 Å². The van der Waals surface area contributed by atoms with Crippen LogP contribution in [0, 0.1) is 0 Å². The minimum Gasteiger partial charge on any atom is -0.346 e. The number of halogens is 1. The smallest absolute Gasteiger partial charge is 0.264 e. The first-order valence-corrected chi connectivity index (χ1v) is 11.9. The summed E-state index contributed by atoms with van der Waals surface area (Å²) < 4.78 is 27.9. The lowest BCUT2D eigenvalue weighted by molar-refractivity contribution is 0.0940. The summed E-state index contributed by atoms with van der Waals surface area (Å²) in [7, 11) is -3.73. The number of sulfonamides is 1. The molecule has 1 N–H and O–H groups in total. The Labute approximate surface area is 187 Å². The molecule has 1 aliphatic rings. The molecular weight excluding hydrogens is 432 g/mol. The summed E-state index contributed by atoms with van der Waals surface area (Å²) >= 11 is 5.91. The van der Waals surface area contributed by atoms with E-state index in [2.05, 4.69) is 5.32 Å². The lowest BCUT2D eigenvalue weighted by Gasteiger charge is -2.24. The zero-order valence-corrected chi connectivity index (χ0v) is 18.8. The summed E-state index contributed by atoms with van der Waals surface area (Å²) in [5.74, 6) is -0.189. The molecular formula is C24H23ClN2O3S. The molecule has 31 heavy (non-hydrogen) atoms. The van der Waals surface area contributed by atoms with Crippen molar-refractivity contribution in [2.24, 2.45) is 0 Å². The van der Waals surface area contributed by atoms with Gasteiger partial charge in [-0.05, 0) is 73.9 Å². The van der Waals surface area contributed by atoms with Gasteiger partial charge in [-0.2, -0.15) is 0 Å². The van der Waals surface area contributed by atoms with Crippen LogP contribution in [-0.2, 0) is 16.4 Å². The molecule has 0 aromatic heterocycles. The van der Waals surface area contributed by atoms with Crippen molar-refractivity contribution in [2.75, 3.05) is 4.31 Å². The number of nitrogens with one attached hydrogen (secondary N) is 1. The molecule has 0 aliphatic carbocycles. The van der Waals surface area contributed by atoms with Crippen molar-refractivity contribution in [3.63, 3.8) is 0 Å². The third-order valence-corrected chi connectivity index (χ3v) is 7.71. The molecule has 3 aromatic carbocycles. The minimum absolute atomic E-state index is 0.136. The Bertz CT molecular complexity index is 1210. The summed E-state index contributed by atoms with van der Waals surface area (Å²) in [6, 6.07) is 20.7. The molecule has 0 saturated carbocycles. The van der Waals surface area contributed by atoms with Crippen molar-refractivity contribution >= 4 is 33.2 Å². The van der Waals surface area contributed by atoms with Crippen LogP contribution in [-0.4, -0.2) is 20.4 Å². The van der Waals surface area contributed by atoms with Crippen LogP contribution in [0.3, 0.4) is 0 Å². The highest BCUT2D eigenvalue weighted by Gasteiger charge is 2.36. The number of hydrogen-bond donors (Lipinski definition) is 1. The first kappa shape index (κ1) is 21.4. The number of benzene rings is 3. The first-order chi connectivity index (χ1) is 14.8. The van der Waals surface area contributed by atoms with Crippen molar-refractivity contribution in [2.45, 2.75) is 37.2 Å². The van der Waals surface area contributed by atoms with E-state index in [0.29, 0.717) is 22.7 Å². The normalized spacial score (nSPS) is 16.6. The molecule has 1 amide bonds. The first-order valence-electron chi connectivity index (χ1n) is 10.1. The average molecular weight is 455 g/mol. The molecule has 0 fully saturated rings. The second-order valence-corrected chi connectivity index (χ2v) is 10.0. The summed E-state index contributed by atoms with van der Waals surface area (Å²) in [6.07, 6.45) is 0.539. The zero-order chi connectivity index (χ0) is 22.2. The lowest BCUT2D eigenvalue weighted by atomic mass is 10.0. The molecule has 160 valence electrons. The van der Waals surface area contributed by atoms with Crippen LogP contribution < -0.4 is 9.62 Å². The molecule has 1 aliphatic heterocycles. The highest BCUT2D eigenvalue weighted by molar-refractivity contribution is 7.92. The molecule has 4 rings (SSSR count). The molecule has 1 heterocycles. The van der Waals surface area contributed by atoms with Gasteiger partial charge in [0.25, 0.3) is 15.9 Å². The number of nitrogens with zero attached hydrogens (tertiary/aromatic N) is 1. The van der Waals surface area contributed by atoms with E-state index >= 15 is 0 Å². The van der Waals surface area contributed by atoms with Crippen LogP contribution in [0.4, 0.5) is 5.69 Å². The van der Waals surface area contributed by atoms with Crippen LogP contribution >= 0.6 is 11.6 Å². The van der Waals surface area contributed by atoms with Gasteiger partial charge in [0.05, 0.1) is 16.6 Å². The second kappa shape index (κ2) is 8.36. The quantitative estimate of drug-likeness (QED) is 0.591. The van der Waals surface area contributed by atoms with Crippen LogP contribution in [0.2, 0.25) is 5.02 Å². The maximum Gasteiger partial charge on any atom is 0.264 e. The van der Waals surface area contributed by atoms with E-state index in [1.165, 1.54) is 16.4 Å². The maximum absolute atomic E-state index is 13.2. The van der Waals surface area contributed by atoms with Crippen LogP contribution in [0.5, 0.6) is 0 Å². The molecule has 0 saturated heterocycles. The molecule has 3 aromatic rings. The molecule has 0 spiro atoms. The van der Waals surface area contributed by atoms with E-state index in [9.17, 15) is 13.2 Å². The van der Waals surface area contributed by atoms with Gasteiger partial charge in [-0.25, -0.2) is 8.42 Å². The van der Waals surface area contributed by atoms with Crippen molar-refractivity contribution in [3.05, 3.63) is 94.5 Å². The standard InChI is InChI=1S/C24H23ClN2O3S/c1-16-14-20-15-19(24(28)26-17(2)18-6-4-3-5-7-18)8-13-23(20)27(16)31(29,30)22-11-9-21(25)10-12-22/h3-13,15-17H,14H2,1-2H3,(H,26,28)/t16-,17-/m1/s1. The monoisotopic (exact) mass is 454 g/mol. The van der Waals surface area contributed by atoms with Gasteiger partial charge in [-0.3, -0.25) is 9.10 Å². The summed E-state index contributed by atoms with van der Waals surface area (Å²) in [4.78, 5) is 13.0. The van der Waals surface area contributed by atoms with E-state index in [1.807, 2.05) is 44.2 Å². The Hall–Kier alpha value is -2.83. The van der Waals surface area contributed by atoms with Crippen molar-refractivity contribution < 1.29 is 13.2 Å². The molecule has 0 bridgehead atoms. The number of fused-ring (bicyclic) bond motifs is 1. The maximum atomic E-state index is 13.2. The third-order valence-electron chi connectivity index (χ3n) is 5.51. The number of rotatable bonds is 5. The zero-order valence-electron chi connectivity index (χ0n) is 17.2. The van der Waals surface area contributed by atoms with Gasteiger partial charge in [-0.15, -0.1) is 0 Å². The van der Waals surface area contributed by atoms with Gasteiger partial charge in [-0.1, -0.05) is 41.9 Å². The van der Waals surface area contributed by atoms with Crippen molar-refractivity contribution in [1.29, 1.82) is 0 Å². The molecule has 7 heteroatoms. The average Bonchev–Trinajstić information content (AvgIpc) is 3.10. The Morgan fingerprint density at radius 1 is 1.06 bits per heavy atom. The number of carbonyl (C=O) groups excluding carboxylic acids is 1. The van der Waals surface area contributed by atoms with Gasteiger partial charge in [0.15, 0.2) is 0 Å². The Morgan fingerprint density at radius 3 is 2.42 bits per heavy atom. The van der Waals surface area contributed by atoms with E-state index in [4.69, 9.17) is 11.6 Å². The Kier molecular flexibility index (Phi) is 5.77. The number of hydrogen-bond acceptors (Lipinski definition) is 3. The van der Waals surface area contributed by atoms with E-state index in [-0.39, 0.29) is 22.9 Å². The summed E-state index contributed by atoms with van der Waals surface area (Å²) in [5, 5.41) is 3.48. The number of carbonyl (C=O) groups is 1. The van der Waals surface area contributed by atoms with Crippen LogP contribution in [0.25, 0.3) is 0 Å². The fourth-order valence-electron chi connectivity index (χ4n) is 3.94. The summed E-state index contributed by atoms with van der Waals surface area (Å²) in [6.45, 7) is 3.80. The molecule has 2 atom stereocenters. The van der Waals surface area contributed by atoms with Gasteiger partial charge in [0.2, 0.25) is 0 Å². The number of amides is 1. The summed E-state index contributed by atoms with van der Waals surface area (Å²) in [5.41, 5.74) is 2.98. The highest BCUT2D eigenvalue weighted by atomic mass is 35.5. The topological polar surface area (TPSA) is 66.5 Å². The second-order valence-electron chi connectivity index (χ2n) is 7.76. The predicted molar refractivity (Wildman–Crippen MR) is 123 cm³/mol. The fourth-order valence-corrected chi connectivity index (χ4v) is 5.75. The lowest BCUT2D eigenvalue weighted by Crippen LogP contribution is -2.35. The Balaban J connectivity index is 1.59. The largest absolute Gasteiger partial charge is 0.346 e. The Morgan fingerprint density at radius 2 is 1.74 bits per heavy atom. The molecule has 0 radical (unpaired) electrons. The fraction of sp³-hybridized carbons (Fsp3) is 0.208. The van der Waals surface area contributed by atoms with E-state index in [1.54, 1.807) is 30.3 Å². The molecule has 0 unspecified atom stereocenters. The highest BCUT2D eigenvalue weighted by Crippen LogP contribution is 2.37. The minimum atomic E-state index is -3.73. The van der Waals surface area contributed by atoms with Gasteiger partial charge < -0.3 is 5.32 Å².